The number of anilines is 2. The van der Waals surface area contributed by atoms with E-state index in [0.29, 0.717) is 50.8 Å². The molecular weight excluding hydrogens is 527 g/mol. The fraction of sp³-hybridized carbons (Fsp3) is 0.161. The number of fused-ring (bicyclic) bond motifs is 1. The molecule has 40 heavy (non-hydrogen) atoms. The highest BCUT2D eigenvalue weighted by Crippen LogP contribution is 2.33. The molecule has 1 aliphatic rings. The second-order valence-corrected chi connectivity index (χ2v) is 9.91. The number of hydrogen-bond donors (Lipinski definition) is 2. The van der Waals surface area contributed by atoms with E-state index in [1.54, 1.807) is 47.2 Å². The Morgan fingerprint density at radius 1 is 1.02 bits per heavy atom. The van der Waals surface area contributed by atoms with Gasteiger partial charge in [0.25, 0.3) is 5.56 Å². The summed E-state index contributed by atoms with van der Waals surface area (Å²) in [5.74, 6) is -0.182. The third kappa shape index (κ3) is 4.99. The Bertz CT molecular complexity index is 1820. The molecule has 0 saturated heterocycles. The molecule has 0 fully saturated rings. The molecule has 9 heteroatoms. The van der Waals surface area contributed by atoms with E-state index in [4.69, 9.17) is 11.6 Å². The van der Waals surface area contributed by atoms with E-state index in [1.165, 1.54) is 17.3 Å². The predicted molar refractivity (Wildman–Crippen MR) is 158 cm³/mol. The van der Waals surface area contributed by atoms with Gasteiger partial charge in [-0.3, -0.25) is 9.36 Å². The number of halogens is 2. The molecule has 2 N–H and O–H groups in total. The molecule has 2 aromatic carbocycles. The summed E-state index contributed by atoms with van der Waals surface area (Å²) in [4.78, 5) is 26.5. The zero-order valence-electron chi connectivity index (χ0n) is 21.8. The van der Waals surface area contributed by atoms with Gasteiger partial charge in [-0.2, -0.15) is 9.37 Å². The van der Waals surface area contributed by atoms with Gasteiger partial charge >= 0.3 is 0 Å². The predicted octanol–water partition coefficient (Wildman–Crippen LogP) is 6.45. The van der Waals surface area contributed by atoms with Crippen molar-refractivity contribution in [2.75, 3.05) is 18.4 Å². The van der Waals surface area contributed by atoms with Gasteiger partial charge in [0, 0.05) is 58.3 Å². The lowest BCUT2D eigenvalue weighted by atomic mass is 10.0. The maximum atomic E-state index is 14.2. The second kappa shape index (κ2) is 11.0. The quantitative estimate of drug-likeness (QED) is 0.235. The summed E-state index contributed by atoms with van der Waals surface area (Å²) in [7, 11) is 0. The third-order valence-corrected chi connectivity index (χ3v) is 7.36. The number of pyridine rings is 2. The molecule has 0 bridgehead atoms. The molecule has 0 atom stereocenters. The van der Waals surface area contributed by atoms with Crippen molar-refractivity contribution in [3.8, 4) is 22.3 Å². The lowest BCUT2D eigenvalue weighted by Gasteiger charge is -2.15. The molecule has 6 rings (SSSR count). The molecule has 0 radical (unpaired) electrons. The van der Waals surface area contributed by atoms with Crippen molar-refractivity contribution in [2.24, 2.45) is 0 Å². The second-order valence-electron chi connectivity index (χ2n) is 9.50. The van der Waals surface area contributed by atoms with Crippen LogP contribution in [0.15, 0.2) is 83.9 Å². The van der Waals surface area contributed by atoms with Gasteiger partial charge in [-0.15, -0.1) is 0 Å². The van der Waals surface area contributed by atoms with Crippen LogP contribution in [0.2, 0.25) is 5.02 Å². The highest BCUT2D eigenvalue weighted by Gasteiger charge is 2.16. The smallest absolute Gasteiger partial charge is 0.260 e. The Kier molecular flexibility index (Phi) is 7.11. The summed E-state index contributed by atoms with van der Waals surface area (Å²) >= 11 is 6.62. The zero-order chi connectivity index (χ0) is 27.6. The van der Waals surface area contributed by atoms with E-state index < -0.39 is 5.95 Å². The number of aromatic nitrogens is 4. The molecule has 0 saturated carbocycles. The van der Waals surface area contributed by atoms with Crippen molar-refractivity contribution in [1.29, 1.82) is 0 Å². The molecule has 1 aliphatic heterocycles. The molecule has 5 aromatic rings. The Hall–Kier alpha value is -4.40. The highest BCUT2D eigenvalue weighted by molar-refractivity contribution is 6.33. The minimum absolute atomic E-state index is 0.221. The van der Waals surface area contributed by atoms with Crippen LogP contribution >= 0.6 is 11.6 Å². The normalized spacial score (nSPS) is 13.3. The number of benzene rings is 2. The van der Waals surface area contributed by atoms with Crippen molar-refractivity contribution >= 4 is 39.8 Å². The molecular formula is C31H26ClFN6O. The lowest BCUT2D eigenvalue weighted by Crippen LogP contribution is -2.22. The summed E-state index contributed by atoms with van der Waals surface area (Å²) in [5, 5.41) is 7.62. The van der Waals surface area contributed by atoms with E-state index in [9.17, 15) is 9.18 Å². The Morgan fingerprint density at radius 3 is 2.58 bits per heavy atom. The number of nitrogens with zero attached hydrogens (tertiary/aromatic N) is 4. The minimum atomic E-state index is -0.581. The SMILES string of the molecule is CCn1c(=O)c(-c2ccc(-c3cccnc3F)cc2Cl)cc2cnc(Nc3ccc(C4=CCNCC4)cc3)nc21. The Morgan fingerprint density at radius 2 is 1.85 bits per heavy atom. The Labute approximate surface area is 235 Å². The third-order valence-electron chi connectivity index (χ3n) is 7.05. The van der Waals surface area contributed by atoms with Gasteiger partial charge in [-0.1, -0.05) is 41.9 Å². The van der Waals surface area contributed by atoms with Crippen LogP contribution in [0, 0.1) is 5.95 Å². The van der Waals surface area contributed by atoms with Crippen molar-refractivity contribution in [3.63, 3.8) is 0 Å². The largest absolute Gasteiger partial charge is 0.324 e. The molecule has 0 unspecified atom stereocenters. The molecule has 0 aliphatic carbocycles. The summed E-state index contributed by atoms with van der Waals surface area (Å²) in [5.41, 5.74) is 5.60. The van der Waals surface area contributed by atoms with Gasteiger partial charge in [0.05, 0.1) is 0 Å². The van der Waals surface area contributed by atoms with Gasteiger partial charge < -0.3 is 10.6 Å². The fourth-order valence-electron chi connectivity index (χ4n) is 4.99. The number of aryl methyl sites for hydroxylation is 1. The van der Waals surface area contributed by atoms with Gasteiger partial charge in [0.2, 0.25) is 11.9 Å². The standard InChI is InChI=1S/C31H26ClFN6O/c1-2-39-29-22(18-36-31(38-29)37-23-8-5-19(6-9-23)20-11-14-34-15-12-20)16-26(30(39)40)25-10-7-21(17-27(25)32)24-4-3-13-35-28(24)33/h3-11,13,16-18,34H,2,12,14-15H2,1H3,(H,36,37,38). The van der Waals surface area contributed by atoms with Crippen LogP contribution in [0.4, 0.5) is 16.0 Å². The van der Waals surface area contributed by atoms with Crippen LogP contribution in [0.5, 0.6) is 0 Å². The van der Waals surface area contributed by atoms with Crippen molar-refractivity contribution < 1.29 is 4.39 Å². The maximum absolute atomic E-state index is 14.2. The van der Waals surface area contributed by atoms with E-state index in [2.05, 4.69) is 43.8 Å². The number of nitrogens with one attached hydrogen (secondary N) is 2. The van der Waals surface area contributed by atoms with Crippen LogP contribution in [0.1, 0.15) is 18.9 Å². The monoisotopic (exact) mass is 552 g/mol. The molecule has 3 aromatic heterocycles. The van der Waals surface area contributed by atoms with Crippen LogP contribution in [-0.4, -0.2) is 32.6 Å². The lowest BCUT2D eigenvalue weighted by molar-refractivity contribution is 0.587. The first-order chi connectivity index (χ1) is 19.5. The molecule has 0 amide bonds. The van der Waals surface area contributed by atoms with Gasteiger partial charge in [-0.25, -0.2) is 9.97 Å². The maximum Gasteiger partial charge on any atom is 0.260 e. The van der Waals surface area contributed by atoms with Gasteiger partial charge in [-0.05, 0) is 73.0 Å². The summed E-state index contributed by atoms with van der Waals surface area (Å²) in [6.45, 7) is 4.18. The van der Waals surface area contributed by atoms with Crippen LogP contribution in [0.3, 0.4) is 0 Å². The molecule has 0 spiro atoms. The Balaban J connectivity index is 1.32. The van der Waals surface area contributed by atoms with Crippen molar-refractivity contribution in [2.45, 2.75) is 19.9 Å². The first-order valence-electron chi connectivity index (χ1n) is 13.1. The molecule has 7 nitrogen and oxygen atoms in total. The summed E-state index contributed by atoms with van der Waals surface area (Å²) in [6.07, 6.45) is 6.32. The van der Waals surface area contributed by atoms with Gasteiger partial charge in [0.1, 0.15) is 5.65 Å². The summed E-state index contributed by atoms with van der Waals surface area (Å²) in [6, 6.07) is 18.3. The number of hydrogen-bond acceptors (Lipinski definition) is 6. The highest BCUT2D eigenvalue weighted by atomic mass is 35.5. The van der Waals surface area contributed by atoms with Gasteiger partial charge in [0.15, 0.2) is 0 Å². The first kappa shape index (κ1) is 25.9. The van der Waals surface area contributed by atoms with E-state index >= 15 is 0 Å². The zero-order valence-corrected chi connectivity index (χ0v) is 22.5. The topological polar surface area (TPSA) is 84.7 Å². The van der Waals surface area contributed by atoms with E-state index in [0.717, 1.165) is 25.2 Å². The number of rotatable bonds is 6. The minimum Gasteiger partial charge on any atom is -0.324 e. The molecule has 4 heterocycles. The van der Waals surface area contributed by atoms with Crippen LogP contribution in [0.25, 0.3) is 38.9 Å². The average Bonchev–Trinajstić information content (AvgIpc) is 2.98. The first-order valence-corrected chi connectivity index (χ1v) is 13.5. The summed E-state index contributed by atoms with van der Waals surface area (Å²) < 4.78 is 15.8. The van der Waals surface area contributed by atoms with E-state index in [1.807, 2.05) is 19.1 Å². The van der Waals surface area contributed by atoms with E-state index in [-0.39, 0.29) is 5.56 Å². The van der Waals surface area contributed by atoms with Crippen LogP contribution in [-0.2, 0) is 6.54 Å². The van der Waals surface area contributed by atoms with Crippen molar-refractivity contribution in [3.05, 3.63) is 106 Å². The fourth-order valence-corrected chi connectivity index (χ4v) is 5.27. The molecule has 200 valence electrons. The van der Waals surface area contributed by atoms with Crippen molar-refractivity contribution in [1.82, 2.24) is 24.8 Å². The average molecular weight is 553 g/mol. The van der Waals surface area contributed by atoms with Crippen LogP contribution < -0.4 is 16.2 Å².